The van der Waals surface area contributed by atoms with E-state index in [0.29, 0.717) is 23.9 Å². The van der Waals surface area contributed by atoms with Crippen molar-refractivity contribution in [1.29, 1.82) is 0 Å². The highest BCUT2D eigenvalue weighted by molar-refractivity contribution is 7.92. The molecule has 0 radical (unpaired) electrons. The summed E-state index contributed by atoms with van der Waals surface area (Å²) in [7, 11) is -4.01. The summed E-state index contributed by atoms with van der Waals surface area (Å²) in [6.07, 6.45) is 0.645. The second kappa shape index (κ2) is 8.93. The normalized spacial score (nSPS) is 11.4. The molecular formula is C22H18FN3O4S2. The van der Waals surface area contributed by atoms with E-state index in [1.165, 1.54) is 30.3 Å². The van der Waals surface area contributed by atoms with Gasteiger partial charge in [0, 0.05) is 34.1 Å². The third-order valence-electron chi connectivity index (χ3n) is 4.70. The quantitative estimate of drug-likeness (QED) is 0.383. The molecule has 10 heteroatoms. The van der Waals surface area contributed by atoms with Crippen LogP contribution in [0.5, 0.6) is 0 Å². The lowest BCUT2D eigenvalue weighted by Gasteiger charge is -2.11. The molecule has 0 saturated carbocycles. The van der Waals surface area contributed by atoms with Crippen molar-refractivity contribution in [3.8, 4) is 0 Å². The van der Waals surface area contributed by atoms with Crippen LogP contribution in [-0.4, -0.2) is 25.9 Å². The Labute approximate surface area is 187 Å². The van der Waals surface area contributed by atoms with E-state index in [0.717, 1.165) is 23.1 Å². The third kappa shape index (κ3) is 4.87. The van der Waals surface area contributed by atoms with Crippen molar-refractivity contribution in [2.24, 2.45) is 0 Å². The summed E-state index contributed by atoms with van der Waals surface area (Å²) >= 11 is 1.58. The molecule has 0 spiro atoms. The minimum absolute atomic E-state index is 0.0776. The van der Waals surface area contributed by atoms with Crippen LogP contribution in [0, 0.1) is 5.82 Å². The number of H-pyrrole nitrogens is 1. The Bertz CT molecular complexity index is 1430. The summed E-state index contributed by atoms with van der Waals surface area (Å²) in [5.41, 5.74) is 0.135. The largest absolute Gasteiger partial charge is 0.352 e. The summed E-state index contributed by atoms with van der Waals surface area (Å²) in [4.78, 5) is 28.4. The first-order valence-corrected chi connectivity index (χ1v) is 11.9. The number of nitrogens with one attached hydrogen (secondary N) is 3. The zero-order valence-corrected chi connectivity index (χ0v) is 18.2. The number of thiophene rings is 1. The summed E-state index contributed by atoms with van der Waals surface area (Å²) in [5.74, 6) is -0.962. The van der Waals surface area contributed by atoms with Crippen molar-refractivity contribution >= 4 is 43.9 Å². The first kappa shape index (κ1) is 21.7. The monoisotopic (exact) mass is 471 g/mol. The SMILES string of the molecule is O=C(NCCc1cccs1)c1cc(=O)[nH]c2ccc(S(=O)(=O)Nc3ccc(F)cc3)cc12. The fourth-order valence-electron chi connectivity index (χ4n) is 3.17. The summed E-state index contributed by atoms with van der Waals surface area (Å²) in [6, 6.07) is 14.0. The number of rotatable bonds is 7. The van der Waals surface area contributed by atoms with Gasteiger partial charge >= 0.3 is 0 Å². The number of hydrogen-bond acceptors (Lipinski definition) is 5. The fraction of sp³-hybridized carbons (Fsp3) is 0.0909. The van der Waals surface area contributed by atoms with Gasteiger partial charge in [-0.3, -0.25) is 14.3 Å². The van der Waals surface area contributed by atoms with Gasteiger partial charge in [-0.05, 0) is 60.3 Å². The number of halogens is 1. The molecule has 0 bridgehead atoms. The van der Waals surface area contributed by atoms with Crippen LogP contribution in [0.4, 0.5) is 10.1 Å². The minimum atomic E-state index is -4.01. The van der Waals surface area contributed by atoms with Gasteiger partial charge in [-0.1, -0.05) is 6.07 Å². The van der Waals surface area contributed by atoms with Crippen LogP contribution in [0.3, 0.4) is 0 Å². The topological polar surface area (TPSA) is 108 Å². The smallest absolute Gasteiger partial charge is 0.261 e. The van der Waals surface area contributed by atoms with E-state index in [1.807, 2.05) is 17.5 Å². The number of anilines is 1. The van der Waals surface area contributed by atoms with Crippen LogP contribution in [0.25, 0.3) is 10.9 Å². The van der Waals surface area contributed by atoms with Crippen LogP contribution >= 0.6 is 11.3 Å². The predicted molar refractivity (Wildman–Crippen MR) is 122 cm³/mol. The molecule has 164 valence electrons. The standard InChI is InChI=1S/C22H18FN3O4S2/c23-14-3-5-15(6-4-14)26-32(29,30)17-7-8-20-18(12-17)19(13-21(27)25-20)22(28)24-10-9-16-2-1-11-31-16/h1-8,11-13,26H,9-10H2,(H,24,28)(H,25,27). The van der Waals surface area contributed by atoms with Crippen molar-refractivity contribution in [3.63, 3.8) is 0 Å². The molecular weight excluding hydrogens is 453 g/mol. The molecule has 4 aromatic rings. The molecule has 1 amide bonds. The molecule has 2 heterocycles. The number of benzene rings is 2. The average Bonchev–Trinajstić information content (AvgIpc) is 3.27. The lowest BCUT2D eigenvalue weighted by molar-refractivity contribution is 0.0955. The Hall–Kier alpha value is -3.50. The molecule has 0 fully saturated rings. The molecule has 0 aliphatic carbocycles. The Morgan fingerprint density at radius 1 is 1.06 bits per heavy atom. The lowest BCUT2D eigenvalue weighted by atomic mass is 10.1. The van der Waals surface area contributed by atoms with E-state index in [9.17, 15) is 22.4 Å². The minimum Gasteiger partial charge on any atom is -0.352 e. The third-order valence-corrected chi connectivity index (χ3v) is 7.02. The van der Waals surface area contributed by atoms with Gasteiger partial charge in [0.1, 0.15) is 5.82 Å². The van der Waals surface area contributed by atoms with E-state index in [4.69, 9.17) is 0 Å². The van der Waals surface area contributed by atoms with E-state index >= 15 is 0 Å². The van der Waals surface area contributed by atoms with Crippen LogP contribution in [-0.2, 0) is 16.4 Å². The maximum Gasteiger partial charge on any atom is 0.261 e. The van der Waals surface area contributed by atoms with Gasteiger partial charge in [-0.15, -0.1) is 11.3 Å². The van der Waals surface area contributed by atoms with Crippen LogP contribution in [0.1, 0.15) is 15.2 Å². The Morgan fingerprint density at radius 3 is 2.56 bits per heavy atom. The molecule has 2 aromatic carbocycles. The van der Waals surface area contributed by atoms with Crippen LogP contribution < -0.4 is 15.6 Å². The van der Waals surface area contributed by atoms with Gasteiger partial charge in [0.2, 0.25) is 5.56 Å². The summed E-state index contributed by atoms with van der Waals surface area (Å²) < 4.78 is 41.1. The molecule has 0 saturated heterocycles. The van der Waals surface area contributed by atoms with Crippen molar-refractivity contribution < 1.29 is 17.6 Å². The van der Waals surface area contributed by atoms with Crippen LogP contribution in [0.15, 0.2) is 75.7 Å². The first-order chi connectivity index (χ1) is 15.3. The zero-order valence-electron chi connectivity index (χ0n) is 16.6. The number of sulfonamides is 1. The van der Waals surface area contributed by atoms with Crippen molar-refractivity contribution in [3.05, 3.63) is 92.7 Å². The van der Waals surface area contributed by atoms with E-state index in [-0.39, 0.29) is 16.1 Å². The highest BCUT2D eigenvalue weighted by atomic mass is 32.2. The van der Waals surface area contributed by atoms with Crippen LogP contribution in [0.2, 0.25) is 0 Å². The van der Waals surface area contributed by atoms with Gasteiger partial charge in [-0.2, -0.15) is 0 Å². The van der Waals surface area contributed by atoms with Gasteiger partial charge in [0.25, 0.3) is 15.9 Å². The number of fused-ring (bicyclic) bond motifs is 1. The maximum atomic E-state index is 13.1. The second-order valence-electron chi connectivity index (χ2n) is 6.95. The predicted octanol–water partition coefficient (Wildman–Crippen LogP) is 3.50. The number of carbonyl (C=O) groups excluding carboxylic acids is 1. The molecule has 2 aromatic heterocycles. The summed E-state index contributed by atoms with van der Waals surface area (Å²) in [6.45, 7) is 0.373. The molecule has 4 rings (SSSR count). The second-order valence-corrected chi connectivity index (χ2v) is 9.67. The van der Waals surface area contributed by atoms with E-state index in [1.54, 1.807) is 11.3 Å². The molecule has 0 aliphatic heterocycles. The van der Waals surface area contributed by atoms with Gasteiger partial charge in [0.15, 0.2) is 0 Å². The number of hydrogen-bond donors (Lipinski definition) is 3. The zero-order chi connectivity index (χ0) is 22.7. The Balaban J connectivity index is 1.63. The number of aromatic amines is 1. The number of amides is 1. The Morgan fingerprint density at radius 2 is 1.84 bits per heavy atom. The van der Waals surface area contributed by atoms with Gasteiger partial charge < -0.3 is 10.3 Å². The molecule has 32 heavy (non-hydrogen) atoms. The molecule has 3 N–H and O–H groups in total. The maximum absolute atomic E-state index is 13.1. The summed E-state index contributed by atoms with van der Waals surface area (Å²) in [5, 5.41) is 5.01. The number of aromatic nitrogens is 1. The molecule has 0 unspecified atom stereocenters. The van der Waals surface area contributed by atoms with Crippen molar-refractivity contribution in [1.82, 2.24) is 10.3 Å². The van der Waals surface area contributed by atoms with E-state index < -0.39 is 27.3 Å². The highest BCUT2D eigenvalue weighted by Crippen LogP contribution is 2.22. The molecule has 0 atom stereocenters. The molecule has 0 aliphatic rings. The Kier molecular flexibility index (Phi) is 6.06. The fourth-order valence-corrected chi connectivity index (χ4v) is 4.96. The molecule has 7 nitrogen and oxygen atoms in total. The highest BCUT2D eigenvalue weighted by Gasteiger charge is 2.18. The van der Waals surface area contributed by atoms with Crippen molar-refractivity contribution in [2.75, 3.05) is 11.3 Å². The number of pyridine rings is 1. The first-order valence-electron chi connectivity index (χ1n) is 9.58. The van der Waals surface area contributed by atoms with Gasteiger partial charge in [0.05, 0.1) is 10.5 Å². The average molecular weight is 472 g/mol. The lowest BCUT2D eigenvalue weighted by Crippen LogP contribution is -2.27. The van der Waals surface area contributed by atoms with E-state index in [2.05, 4.69) is 15.0 Å². The van der Waals surface area contributed by atoms with Crippen molar-refractivity contribution in [2.45, 2.75) is 11.3 Å². The van der Waals surface area contributed by atoms with Gasteiger partial charge in [-0.25, -0.2) is 12.8 Å². The number of carbonyl (C=O) groups is 1.